The van der Waals surface area contributed by atoms with Crippen LogP contribution in [-0.2, 0) is 16.1 Å². The van der Waals surface area contributed by atoms with Crippen molar-refractivity contribution in [2.24, 2.45) is 0 Å². The first-order valence-corrected chi connectivity index (χ1v) is 7.21. The van der Waals surface area contributed by atoms with E-state index in [1.807, 2.05) is 6.07 Å². The molecule has 0 fully saturated rings. The molecule has 116 valence electrons. The maximum atomic E-state index is 12.5. The first-order chi connectivity index (χ1) is 10.7. The van der Waals surface area contributed by atoms with E-state index < -0.39 is 12.0 Å². The molecular formula is C17H19NO4. The van der Waals surface area contributed by atoms with Crippen LogP contribution in [0.3, 0.4) is 0 Å². The zero-order valence-electron chi connectivity index (χ0n) is 12.5. The van der Waals surface area contributed by atoms with Crippen molar-refractivity contribution in [3.8, 4) is 0 Å². The summed E-state index contributed by atoms with van der Waals surface area (Å²) in [5.41, 5.74) is 0.559. The van der Waals surface area contributed by atoms with Crippen LogP contribution in [0.1, 0.15) is 29.5 Å². The fourth-order valence-electron chi connectivity index (χ4n) is 2.08. The average molecular weight is 301 g/mol. The zero-order valence-corrected chi connectivity index (χ0v) is 12.5. The monoisotopic (exact) mass is 301 g/mol. The van der Waals surface area contributed by atoms with Crippen LogP contribution in [0.5, 0.6) is 0 Å². The van der Waals surface area contributed by atoms with Gasteiger partial charge in [0.25, 0.3) is 0 Å². The lowest BCUT2D eigenvalue weighted by Gasteiger charge is -2.16. The van der Waals surface area contributed by atoms with Gasteiger partial charge in [0.05, 0.1) is 31.9 Å². The van der Waals surface area contributed by atoms with Crippen LogP contribution < -0.4 is 5.32 Å². The summed E-state index contributed by atoms with van der Waals surface area (Å²) in [5, 5.41) is 3.07. The molecule has 1 atom stereocenters. The third-order valence-electron chi connectivity index (χ3n) is 3.15. The maximum Gasteiger partial charge on any atom is 0.307 e. The predicted molar refractivity (Wildman–Crippen MR) is 81.4 cm³/mol. The second-order valence-corrected chi connectivity index (χ2v) is 4.75. The standard InChI is InChI=1S/C17H19NO4/c1-2-21-16(19)11-15(18-12-14-9-6-10-22-14)17(20)13-7-4-3-5-8-13/h3-10,15,18H,2,11-12H2,1H3. The summed E-state index contributed by atoms with van der Waals surface area (Å²) in [7, 11) is 0. The van der Waals surface area contributed by atoms with Gasteiger partial charge in [0, 0.05) is 5.56 Å². The van der Waals surface area contributed by atoms with Gasteiger partial charge in [-0.1, -0.05) is 30.3 Å². The normalized spacial score (nSPS) is 11.9. The first-order valence-electron chi connectivity index (χ1n) is 7.21. The third-order valence-corrected chi connectivity index (χ3v) is 3.15. The number of carbonyl (C=O) groups is 2. The largest absolute Gasteiger partial charge is 0.468 e. The molecule has 0 saturated heterocycles. The SMILES string of the molecule is CCOC(=O)CC(NCc1ccco1)C(=O)c1ccccc1. The molecule has 22 heavy (non-hydrogen) atoms. The number of Topliss-reactive ketones (excluding diaryl/α,β-unsaturated/α-hetero) is 1. The van der Waals surface area contributed by atoms with Crippen molar-refractivity contribution in [3.63, 3.8) is 0 Å². The molecule has 1 heterocycles. The lowest BCUT2D eigenvalue weighted by Crippen LogP contribution is -2.38. The number of furan rings is 1. The molecule has 2 aromatic rings. The number of hydrogen-bond donors (Lipinski definition) is 1. The van der Waals surface area contributed by atoms with E-state index >= 15 is 0 Å². The molecule has 0 aliphatic rings. The molecule has 0 radical (unpaired) electrons. The van der Waals surface area contributed by atoms with Gasteiger partial charge < -0.3 is 9.15 Å². The maximum absolute atomic E-state index is 12.5. The molecular weight excluding hydrogens is 282 g/mol. The fraction of sp³-hybridized carbons (Fsp3) is 0.294. The van der Waals surface area contributed by atoms with Crippen molar-refractivity contribution in [2.75, 3.05) is 6.61 Å². The molecule has 0 amide bonds. The van der Waals surface area contributed by atoms with E-state index in [4.69, 9.17) is 9.15 Å². The van der Waals surface area contributed by atoms with Gasteiger partial charge in [-0.25, -0.2) is 0 Å². The Morgan fingerprint density at radius 3 is 2.59 bits per heavy atom. The number of benzene rings is 1. The van der Waals surface area contributed by atoms with Gasteiger partial charge in [0.2, 0.25) is 0 Å². The van der Waals surface area contributed by atoms with Crippen molar-refractivity contribution in [3.05, 3.63) is 60.1 Å². The highest BCUT2D eigenvalue weighted by Crippen LogP contribution is 2.09. The Bertz CT molecular complexity index is 592. The number of hydrogen-bond acceptors (Lipinski definition) is 5. The minimum atomic E-state index is -0.647. The molecule has 0 aliphatic heterocycles. The molecule has 1 N–H and O–H groups in total. The van der Waals surface area contributed by atoms with E-state index in [2.05, 4.69) is 5.32 Å². The van der Waals surface area contributed by atoms with E-state index in [0.29, 0.717) is 24.5 Å². The molecule has 0 spiro atoms. The average Bonchev–Trinajstić information content (AvgIpc) is 3.05. The Labute approximate surface area is 129 Å². The number of ether oxygens (including phenoxy) is 1. The molecule has 1 aromatic carbocycles. The summed E-state index contributed by atoms with van der Waals surface area (Å²) in [6, 6.07) is 11.8. The van der Waals surface area contributed by atoms with Crippen molar-refractivity contribution < 1.29 is 18.7 Å². The van der Waals surface area contributed by atoms with Gasteiger partial charge in [-0.3, -0.25) is 14.9 Å². The van der Waals surface area contributed by atoms with Crippen molar-refractivity contribution in [1.82, 2.24) is 5.32 Å². The molecule has 2 rings (SSSR count). The van der Waals surface area contributed by atoms with E-state index in [1.54, 1.807) is 49.6 Å². The summed E-state index contributed by atoms with van der Waals surface area (Å²) in [5.74, 6) is 0.165. The van der Waals surface area contributed by atoms with Crippen LogP contribution in [0.15, 0.2) is 53.1 Å². The molecule has 0 saturated carbocycles. The lowest BCUT2D eigenvalue weighted by molar-refractivity contribution is -0.143. The number of nitrogens with one attached hydrogen (secondary N) is 1. The molecule has 0 aliphatic carbocycles. The quantitative estimate of drug-likeness (QED) is 0.599. The Morgan fingerprint density at radius 1 is 1.18 bits per heavy atom. The summed E-state index contributed by atoms with van der Waals surface area (Å²) in [6.07, 6.45) is 1.55. The second-order valence-electron chi connectivity index (χ2n) is 4.75. The molecule has 1 aromatic heterocycles. The van der Waals surface area contributed by atoms with Gasteiger partial charge in [0.1, 0.15) is 5.76 Å². The van der Waals surface area contributed by atoms with Crippen molar-refractivity contribution >= 4 is 11.8 Å². The second kappa shape index (κ2) is 8.14. The summed E-state index contributed by atoms with van der Waals surface area (Å²) < 4.78 is 10.2. The summed E-state index contributed by atoms with van der Waals surface area (Å²) in [4.78, 5) is 24.3. The van der Waals surface area contributed by atoms with E-state index in [1.165, 1.54) is 0 Å². The molecule has 5 nitrogen and oxygen atoms in total. The number of carbonyl (C=O) groups excluding carboxylic acids is 2. The first kappa shape index (κ1) is 16.0. The van der Waals surface area contributed by atoms with Gasteiger partial charge in [-0.05, 0) is 19.1 Å². The van der Waals surface area contributed by atoms with Crippen molar-refractivity contribution in [1.29, 1.82) is 0 Å². The molecule has 5 heteroatoms. The Kier molecular flexibility index (Phi) is 5.91. The van der Waals surface area contributed by atoms with E-state index in [9.17, 15) is 9.59 Å². The molecule has 1 unspecified atom stereocenters. The van der Waals surface area contributed by atoms with Crippen LogP contribution in [0.25, 0.3) is 0 Å². The van der Waals surface area contributed by atoms with Gasteiger partial charge >= 0.3 is 5.97 Å². The summed E-state index contributed by atoms with van der Waals surface area (Å²) in [6.45, 7) is 2.40. The highest BCUT2D eigenvalue weighted by atomic mass is 16.5. The van der Waals surface area contributed by atoms with Gasteiger partial charge in [-0.15, -0.1) is 0 Å². The summed E-state index contributed by atoms with van der Waals surface area (Å²) >= 11 is 0. The minimum Gasteiger partial charge on any atom is -0.468 e. The predicted octanol–water partition coefficient (Wildman–Crippen LogP) is 2.57. The van der Waals surface area contributed by atoms with Crippen LogP contribution in [0.2, 0.25) is 0 Å². The topological polar surface area (TPSA) is 68.5 Å². The Balaban J connectivity index is 2.06. The molecule has 0 bridgehead atoms. The number of rotatable bonds is 8. The Hall–Kier alpha value is -2.40. The van der Waals surface area contributed by atoms with Gasteiger partial charge in [-0.2, -0.15) is 0 Å². The Morgan fingerprint density at radius 2 is 1.95 bits per heavy atom. The number of ketones is 1. The van der Waals surface area contributed by atoms with Crippen LogP contribution in [0, 0.1) is 0 Å². The van der Waals surface area contributed by atoms with Crippen LogP contribution in [0.4, 0.5) is 0 Å². The highest BCUT2D eigenvalue weighted by Gasteiger charge is 2.23. The number of esters is 1. The van der Waals surface area contributed by atoms with Crippen LogP contribution in [-0.4, -0.2) is 24.4 Å². The minimum absolute atomic E-state index is 0.0116. The highest BCUT2D eigenvalue weighted by molar-refractivity contribution is 6.01. The smallest absolute Gasteiger partial charge is 0.307 e. The van der Waals surface area contributed by atoms with E-state index in [0.717, 1.165) is 0 Å². The zero-order chi connectivity index (χ0) is 15.8. The third kappa shape index (κ3) is 4.56. The van der Waals surface area contributed by atoms with E-state index in [-0.39, 0.29) is 12.2 Å². The van der Waals surface area contributed by atoms with Gasteiger partial charge in [0.15, 0.2) is 5.78 Å². The lowest BCUT2D eigenvalue weighted by atomic mass is 10.0. The fourth-order valence-corrected chi connectivity index (χ4v) is 2.08. The van der Waals surface area contributed by atoms with Crippen LogP contribution >= 0.6 is 0 Å². The van der Waals surface area contributed by atoms with Crippen molar-refractivity contribution in [2.45, 2.75) is 25.9 Å².